The van der Waals surface area contributed by atoms with E-state index in [2.05, 4.69) is 69.8 Å². The van der Waals surface area contributed by atoms with Crippen LogP contribution < -0.4 is 5.43 Å². The van der Waals surface area contributed by atoms with E-state index in [1.54, 1.807) is 0 Å². The molecule has 0 amide bonds. The lowest BCUT2D eigenvalue weighted by atomic mass is 10.1. The third-order valence-corrected chi connectivity index (χ3v) is 4.39. The van der Waals surface area contributed by atoms with E-state index >= 15 is 0 Å². The van der Waals surface area contributed by atoms with E-state index in [-0.39, 0.29) is 0 Å². The number of likely N-dealkylation sites (N-methyl/N-ethyl adjacent to an activating group) is 1. The van der Waals surface area contributed by atoms with Crippen LogP contribution in [0, 0.1) is 0 Å². The van der Waals surface area contributed by atoms with Gasteiger partial charge in [-0.2, -0.15) is 0 Å². The molecule has 4 nitrogen and oxygen atoms in total. The second-order valence-corrected chi connectivity index (χ2v) is 5.98. The number of rotatable bonds is 2. The van der Waals surface area contributed by atoms with Crippen molar-refractivity contribution in [3.8, 4) is 0 Å². The summed E-state index contributed by atoms with van der Waals surface area (Å²) in [6.07, 6.45) is 1.88. The van der Waals surface area contributed by atoms with Gasteiger partial charge in [0.05, 0.1) is 11.2 Å². The van der Waals surface area contributed by atoms with E-state index in [9.17, 15) is 0 Å². The summed E-state index contributed by atoms with van der Waals surface area (Å²) in [6, 6.07) is 14.9. The van der Waals surface area contributed by atoms with Gasteiger partial charge in [-0.1, -0.05) is 24.3 Å². The first-order valence-electron chi connectivity index (χ1n) is 7.77. The van der Waals surface area contributed by atoms with Crippen molar-refractivity contribution in [2.75, 3.05) is 38.7 Å². The maximum atomic E-state index is 4.53. The highest BCUT2D eigenvalue weighted by atomic mass is 15.5. The summed E-state index contributed by atoms with van der Waals surface area (Å²) in [5, 5.41) is 5.97. The number of benzene rings is 2. The van der Waals surface area contributed by atoms with Crippen molar-refractivity contribution in [2.24, 2.45) is 0 Å². The normalized spacial score (nSPS) is 17.1. The Balaban J connectivity index is 1.72. The molecule has 1 fully saturated rings. The van der Waals surface area contributed by atoms with Crippen molar-refractivity contribution in [3.63, 3.8) is 0 Å². The van der Waals surface area contributed by atoms with Gasteiger partial charge in [0.2, 0.25) is 0 Å². The van der Waals surface area contributed by atoms with Gasteiger partial charge in [0.15, 0.2) is 0 Å². The van der Waals surface area contributed by atoms with Gasteiger partial charge < -0.3 is 10.3 Å². The van der Waals surface area contributed by atoms with Gasteiger partial charge in [-0.05, 0) is 36.0 Å². The summed E-state index contributed by atoms with van der Waals surface area (Å²) in [5.41, 5.74) is 5.75. The molecule has 112 valence electrons. The Hall–Kier alpha value is -2.17. The quantitative estimate of drug-likeness (QED) is 0.736. The van der Waals surface area contributed by atoms with E-state index in [1.807, 2.05) is 6.20 Å². The topological polar surface area (TPSA) is 31.4 Å². The van der Waals surface area contributed by atoms with E-state index in [4.69, 9.17) is 0 Å². The van der Waals surface area contributed by atoms with E-state index in [0.717, 1.165) is 37.4 Å². The summed E-state index contributed by atoms with van der Waals surface area (Å²) < 4.78 is 0. The molecule has 4 heteroatoms. The second kappa shape index (κ2) is 5.55. The molecule has 0 unspecified atom stereocenters. The number of anilines is 1. The van der Waals surface area contributed by atoms with Gasteiger partial charge in [0.1, 0.15) is 0 Å². The lowest BCUT2D eigenvalue weighted by molar-refractivity contribution is 0.179. The first kappa shape index (κ1) is 13.5. The van der Waals surface area contributed by atoms with Gasteiger partial charge in [-0.15, -0.1) is 0 Å². The number of hydrazine groups is 1. The van der Waals surface area contributed by atoms with Crippen LogP contribution in [0.25, 0.3) is 21.7 Å². The Morgan fingerprint density at radius 3 is 2.45 bits per heavy atom. The number of nitrogens with zero attached hydrogens (tertiary/aromatic N) is 3. The fraction of sp³-hybridized carbons (Fsp3) is 0.278. The number of fused-ring (bicyclic) bond motifs is 2. The van der Waals surface area contributed by atoms with E-state index < -0.39 is 0 Å². The van der Waals surface area contributed by atoms with Crippen LogP contribution >= 0.6 is 0 Å². The molecule has 0 saturated carbocycles. The molecule has 1 aliphatic rings. The Morgan fingerprint density at radius 1 is 0.955 bits per heavy atom. The highest BCUT2D eigenvalue weighted by molar-refractivity contribution is 6.01. The smallest absolute Gasteiger partial charge is 0.0729 e. The van der Waals surface area contributed by atoms with Crippen LogP contribution in [0.5, 0.6) is 0 Å². The van der Waals surface area contributed by atoms with E-state index in [1.165, 1.54) is 16.2 Å². The van der Waals surface area contributed by atoms with Crippen molar-refractivity contribution in [2.45, 2.75) is 0 Å². The minimum absolute atomic E-state index is 1.04. The maximum absolute atomic E-state index is 4.53. The maximum Gasteiger partial charge on any atom is 0.0729 e. The Labute approximate surface area is 130 Å². The number of aromatic nitrogens is 1. The number of hydrogen-bond donors (Lipinski definition) is 1. The molecule has 0 bridgehead atoms. The van der Waals surface area contributed by atoms with Crippen LogP contribution in [0.1, 0.15) is 0 Å². The van der Waals surface area contributed by atoms with Gasteiger partial charge in [-0.25, -0.2) is 5.01 Å². The molecule has 1 aliphatic heterocycles. The van der Waals surface area contributed by atoms with Crippen LogP contribution in [0.4, 0.5) is 5.69 Å². The summed E-state index contributed by atoms with van der Waals surface area (Å²) in [5.74, 6) is 0. The molecular formula is C18H20N4. The van der Waals surface area contributed by atoms with Crippen molar-refractivity contribution < 1.29 is 0 Å². The molecule has 1 N–H and O–H groups in total. The predicted molar refractivity (Wildman–Crippen MR) is 91.9 cm³/mol. The average Bonchev–Trinajstić information content (AvgIpc) is 2.55. The van der Waals surface area contributed by atoms with E-state index in [0.29, 0.717) is 0 Å². The van der Waals surface area contributed by atoms with Crippen LogP contribution in [-0.4, -0.2) is 48.1 Å². The van der Waals surface area contributed by atoms with Crippen LogP contribution in [0.15, 0.2) is 48.7 Å². The van der Waals surface area contributed by atoms with Gasteiger partial charge in [0.25, 0.3) is 0 Å². The van der Waals surface area contributed by atoms with Crippen molar-refractivity contribution in [3.05, 3.63) is 48.7 Å². The highest BCUT2D eigenvalue weighted by Crippen LogP contribution is 2.27. The fourth-order valence-corrected chi connectivity index (χ4v) is 3.02. The zero-order valence-corrected chi connectivity index (χ0v) is 12.8. The van der Waals surface area contributed by atoms with Crippen LogP contribution in [0.3, 0.4) is 0 Å². The van der Waals surface area contributed by atoms with Crippen molar-refractivity contribution in [1.82, 2.24) is 14.9 Å². The zero-order valence-electron chi connectivity index (χ0n) is 12.8. The first-order valence-corrected chi connectivity index (χ1v) is 7.77. The summed E-state index contributed by atoms with van der Waals surface area (Å²) in [4.78, 5) is 6.89. The molecule has 1 saturated heterocycles. The first-order chi connectivity index (χ1) is 10.8. The molecule has 3 aromatic rings. The SMILES string of the molecule is CN1CCN(Nc2ccnc3cc4ccccc4cc23)CC1. The molecule has 0 spiro atoms. The van der Waals surface area contributed by atoms with Crippen LogP contribution in [0.2, 0.25) is 0 Å². The standard InChI is InChI=1S/C18H20N4/c1-21-8-10-22(11-9-21)20-17-6-7-19-18-13-15-5-3-2-4-14(15)12-16(17)18/h2-7,12-13H,8-11H2,1H3,(H,19,20). The number of hydrogen-bond acceptors (Lipinski definition) is 4. The van der Waals surface area contributed by atoms with Gasteiger partial charge in [-0.3, -0.25) is 4.98 Å². The molecule has 0 atom stereocenters. The highest BCUT2D eigenvalue weighted by Gasteiger charge is 2.14. The molecule has 2 aromatic carbocycles. The molecule has 0 radical (unpaired) electrons. The van der Waals surface area contributed by atoms with Crippen LogP contribution in [-0.2, 0) is 0 Å². The average molecular weight is 292 g/mol. The fourth-order valence-electron chi connectivity index (χ4n) is 3.02. The summed E-state index contributed by atoms with van der Waals surface area (Å²) in [7, 11) is 2.17. The Bertz CT molecular complexity index is 806. The summed E-state index contributed by atoms with van der Waals surface area (Å²) in [6.45, 7) is 4.26. The van der Waals surface area contributed by atoms with Crippen molar-refractivity contribution in [1.29, 1.82) is 0 Å². The second-order valence-electron chi connectivity index (χ2n) is 5.98. The zero-order chi connectivity index (χ0) is 14.9. The van der Waals surface area contributed by atoms with Gasteiger partial charge >= 0.3 is 0 Å². The number of piperazine rings is 1. The Kier molecular flexibility index (Phi) is 3.41. The molecule has 2 heterocycles. The Morgan fingerprint density at radius 2 is 1.68 bits per heavy atom. The lowest BCUT2D eigenvalue weighted by Gasteiger charge is -2.33. The number of pyridine rings is 1. The molecule has 22 heavy (non-hydrogen) atoms. The molecule has 0 aliphatic carbocycles. The monoisotopic (exact) mass is 292 g/mol. The lowest BCUT2D eigenvalue weighted by Crippen LogP contribution is -2.46. The molecule has 1 aromatic heterocycles. The summed E-state index contributed by atoms with van der Waals surface area (Å²) >= 11 is 0. The minimum Gasteiger partial charge on any atom is -0.318 e. The molecular weight excluding hydrogens is 272 g/mol. The molecule has 4 rings (SSSR count). The predicted octanol–water partition coefficient (Wildman–Crippen LogP) is 2.96. The minimum atomic E-state index is 1.04. The third-order valence-electron chi connectivity index (χ3n) is 4.39. The largest absolute Gasteiger partial charge is 0.318 e. The number of nitrogens with one attached hydrogen (secondary N) is 1. The third kappa shape index (κ3) is 2.51. The van der Waals surface area contributed by atoms with Crippen molar-refractivity contribution >= 4 is 27.4 Å². The van der Waals surface area contributed by atoms with Gasteiger partial charge in [0, 0.05) is 37.8 Å².